The van der Waals surface area contributed by atoms with Gasteiger partial charge >= 0.3 is 0 Å². The Kier molecular flexibility index (Phi) is 9.00. The molecule has 0 aliphatic rings. The van der Waals surface area contributed by atoms with Gasteiger partial charge in [0, 0.05) is 11.3 Å². The predicted molar refractivity (Wildman–Crippen MR) is 125 cm³/mol. The number of para-hydroxylation sites is 1. The second kappa shape index (κ2) is 12.2. The van der Waals surface area contributed by atoms with Crippen LogP contribution in [0, 0.1) is 0 Å². The molecule has 0 bridgehead atoms. The Bertz CT molecular complexity index is 892. The molecule has 1 aromatic heterocycles. The van der Waals surface area contributed by atoms with Crippen LogP contribution in [-0.4, -0.2) is 48.1 Å². The van der Waals surface area contributed by atoms with Crippen molar-refractivity contribution in [3.05, 3.63) is 72.1 Å². The van der Waals surface area contributed by atoms with Crippen molar-refractivity contribution in [2.24, 2.45) is 0 Å². The van der Waals surface area contributed by atoms with Gasteiger partial charge < -0.3 is 14.1 Å². The summed E-state index contributed by atoms with van der Waals surface area (Å²) in [5, 5.41) is 8.34. The minimum absolute atomic E-state index is 0.563. The maximum absolute atomic E-state index is 5.80. The Morgan fingerprint density at radius 2 is 1.83 bits per heavy atom. The van der Waals surface area contributed by atoms with Gasteiger partial charge in [0.05, 0.1) is 12.4 Å². The number of unbranched alkanes of at least 4 members (excludes halogenated alkanes) is 1. The predicted octanol–water partition coefficient (Wildman–Crippen LogP) is 5.40. The Morgan fingerprint density at radius 3 is 2.60 bits per heavy atom. The highest BCUT2D eigenvalue weighted by Crippen LogP contribution is 2.21. The second-order valence-electron chi connectivity index (χ2n) is 7.18. The molecule has 6 heteroatoms. The van der Waals surface area contributed by atoms with Crippen LogP contribution in [-0.2, 0) is 5.75 Å². The third-order valence-electron chi connectivity index (χ3n) is 4.38. The zero-order valence-corrected chi connectivity index (χ0v) is 18.5. The first-order valence-electron chi connectivity index (χ1n) is 10.2. The van der Waals surface area contributed by atoms with E-state index in [4.69, 9.17) is 9.15 Å². The molecule has 0 atom stereocenters. The quantitative estimate of drug-likeness (QED) is 0.363. The van der Waals surface area contributed by atoms with E-state index < -0.39 is 0 Å². The molecule has 0 aliphatic heterocycles. The summed E-state index contributed by atoms with van der Waals surface area (Å²) < 4.78 is 11.5. The van der Waals surface area contributed by atoms with E-state index in [2.05, 4.69) is 53.5 Å². The number of nitrogens with zero attached hydrogens (tertiary/aromatic N) is 3. The van der Waals surface area contributed by atoms with Gasteiger partial charge in [0.15, 0.2) is 0 Å². The molecule has 30 heavy (non-hydrogen) atoms. The van der Waals surface area contributed by atoms with Gasteiger partial charge in [-0.3, -0.25) is 0 Å². The van der Waals surface area contributed by atoms with Crippen LogP contribution < -0.4 is 4.74 Å². The lowest BCUT2D eigenvalue weighted by molar-refractivity contribution is 0.344. The molecule has 0 N–H and O–H groups in total. The lowest BCUT2D eigenvalue weighted by Crippen LogP contribution is -2.12. The molecule has 158 valence electrons. The highest BCUT2D eigenvalue weighted by molar-refractivity contribution is 7.98. The van der Waals surface area contributed by atoms with Crippen molar-refractivity contribution in [2.45, 2.75) is 18.6 Å². The number of hydrogen-bond donors (Lipinski definition) is 0. The van der Waals surface area contributed by atoms with Gasteiger partial charge in [-0.15, -0.1) is 22.0 Å². The number of rotatable bonds is 12. The van der Waals surface area contributed by atoms with Gasteiger partial charge in [0.1, 0.15) is 5.75 Å². The van der Waals surface area contributed by atoms with E-state index in [9.17, 15) is 0 Å². The van der Waals surface area contributed by atoms with Gasteiger partial charge in [-0.1, -0.05) is 42.5 Å². The van der Waals surface area contributed by atoms with Crippen molar-refractivity contribution in [3.63, 3.8) is 0 Å². The summed E-state index contributed by atoms with van der Waals surface area (Å²) >= 11 is 1.72. The van der Waals surface area contributed by atoms with Crippen LogP contribution in [0.5, 0.6) is 5.75 Å². The Labute approximate surface area is 183 Å². The Morgan fingerprint density at radius 1 is 1.03 bits per heavy atom. The molecule has 1 heterocycles. The first-order valence-corrected chi connectivity index (χ1v) is 11.4. The fourth-order valence-electron chi connectivity index (χ4n) is 2.80. The molecule has 0 aliphatic carbocycles. The Balaban J connectivity index is 1.40. The van der Waals surface area contributed by atoms with E-state index in [1.54, 1.807) is 11.8 Å². The molecule has 0 unspecified atom stereocenters. The van der Waals surface area contributed by atoms with Crippen LogP contribution in [0.2, 0.25) is 0 Å². The van der Waals surface area contributed by atoms with Crippen LogP contribution in [0.15, 0.2) is 65.1 Å². The molecule has 3 rings (SSSR count). The SMILES string of the molecule is CN(C)CCC/C=C\c1ccc(-c2nnc(CSCCOc3ccccc3)o2)cc1. The lowest BCUT2D eigenvalue weighted by Gasteiger charge is -2.06. The molecular weight excluding hydrogens is 394 g/mol. The average molecular weight is 424 g/mol. The van der Waals surface area contributed by atoms with E-state index in [0.29, 0.717) is 24.1 Å². The molecule has 0 amide bonds. The van der Waals surface area contributed by atoms with E-state index in [1.807, 2.05) is 42.5 Å². The fraction of sp³-hybridized carbons (Fsp3) is 0.333. The normalized spacial score (nSPS) is 11.4. The Hall–Kier alpha value is -2.57. The monoisotopic (exact) mass is 423 g/mol. The fourth-order valence-corrected chi connectivity index (χ4v) is 3.44. The standard InChI is InChI=1S/C24H29N3O2S/c1-27(2)16-8-4-5-9-20-12-14-21(15-13-20)24-26-25-23(29-24)19-30-18-17-28-22-10-6-3-7-11-22/h3,5-7,9-15H,4,8,16-19H2,1-2H3/b9-5-. The number of thioether (sulfide) groups is 1. The molecule has 0 fully saturated rings. The lowest BCUT2D eigenvalue weighted by atomic mass is 10.1. The van der Waals surface area contributed by atoms with E-state index in [0.717, 1.165) is 30.0 Å². The largest absolute Gasteiger partial charge is 0.493 e. The number of aromatic nitrogens is 2. The maximum atomic E-state index is 5.80. The first kappa shape index (κ1) is 22.1. The van der Waals surface area contributed by atoms with Crippen LogP contribution in [0.4, 0.5) is 0 Å². The smallest absolute Gasteiger partial charge is 0.247 e. The van der Waals surface area contributed by atoms with Crippen molar-refractivity contribution < 1.29 is 9.15 Å². The van der Waals surface area contributed by atoms with Crippen molar-refractivity contribution in [1.29, 1.82) is 0 Å². The van der Waals surface area contributed by atoms with Gasteiger partial charge in [-0.05, 0) is 63.3 Å². The molecular formula is C24H29N3O2S. The highest BCUT2D eigenvalue weighted by Gasteiger charge is 2.08. The summed E-state index contributed by atoms with van der Waals surface area (Å²) in [5.41, 5.74) is 2.12. The van der Waals surface area contributed by atoms with E-state index in [-0.39, 0.29) is 0 Å². The molecule has 0 saturated carbocycles. The number of allylic oxidation sites excluding steroid dienone is 1. The van der Waals surface area contributed by atoms with Crippen LogP contribution in [0.1, 0.15) is 24.3 Å². The maximum Gasteiger partial charge on any atom is 0.247 e. The number of benzene rings is 2. The minimum atomic E-state index is 0.563. The van der Waals surface area contributed by atoms with Crippen molar-refractivity contribution in [1.82, 2.24) is 15.1 Å². The molecule has 2 aromatic carbocycles. The van der Waals surface area contributed by atoms with Crippen LogP contribution in [0.3, 0.4) is 0 Å². The third kappa shape index (κ3) is 7.69. The van der Waals surface area contributed by atoms with Crippen LogP contribution >= 0.6 is 11.8 Å². The zero-order chi connectivity index (χ0) is 21.0. The summed E-state index contributed by atoms with van der Waals surface area (Å²) in [6.45, 7) is 1.76. The van der Waals surface area contributed by atoms with Crippen molar-refractivity contribution in [3.8, 4) is 17.2 Å². The second-order valence-corrected chi connectivity index (χ2v) is 8.29. The van der Waals surface area contributed by atoms with Gasteiger partial charge in [0.2, 0.25) is 11.8 Å². The summed E-state index contributed by atoms with van der Waals surface area (Å²) in [6.07, 6.45) is 6.64. The molecule has 3 aromatic rings. The van der Waals surface area contributed by atoms with E-state index in [1.165, 1.54) is 12.0 Å². The summed E-state index contributed by atoms with van der Waals surface area (Å²) in [7, 11) is 4.20. The zero-order valence-electron chi connectivity index (χ0n) is 17.7. The van der Waals surface area contributed by atoms with Gasteiger partial charge in [0.25, 0.3) is 0 Å². The molecule has 0 radical (unpaired) electrons. The van der Waals surface area contributed by atoms with Crippen molar-refractivity contribution in [2.75, 3.05) is 33.0 Å². The average Bonchev–Trinajstić information content (AvgIpc) is 3.23. The highest BCUT2D eigenvalue weighted by atomic mass is 32.2. The van der Waals surface area contributed by atoms with Crippen LogP contribution in [0.25, 0.3) is 17.5 Å². The number of ether oxygens (including phenoxy) is 1. The third-order valence-corrected chi connectivity index (χ3v) is 5.28. The van der Waals surface area contributed by atoms with Crippen molar-refractivity contribution >= 4 is 17.8 Å². The summed E-state index contributed by atoms with van der Waals surface area (Å²) in [5.74, 6) is 3.64. The summed E-state index contributed by atoms with van der Waals surface area (Å²) in [6, 6.07) is 18.1. The van der Waals surface area contributed by atoms with E-state index >= 15 is 0 Å². The molecule has 0 saturated heterocycles. The molecule has 5 nitrogen and oxygen atoms in total. The topological polar surface area (TPSA) is 51.4 Å². The summed E-state index contributed by atoms with van der Waals surface area (Å²) in [4.78, 5) is 2.21. The number of hydrogen-bond acceptors (Lipinski definition) is 6. The minimum Gasteiger partial charge on any atom is -0.493 e. The molecule has 0 spiro atoms. The van der Waals surface area contributed by atoms with Gasteiger partial charge in [-0.2, -0.15) is 0 Å². The van der Waals surface area contributed by atoms with Gasteiger partial charge in [-0.25, -0.2) is 0 Å². The first-order chi connectivity index (χ1) is 14.7.